The molecule has 1 N–H and O–H groups in total. The van der Waals surface area contributed by atoms with Crippen molar-refractivity contribution in [2.45, 2.75) is 24.7 Å². The van der Waals surface area contributed by atoms with Gasteiger partial charge in [-0.25, -0.2) is 17.7 Å². The van der Waals surface area contributed by atoms with Crippen molar-refractivity contribution in [3.05, 3.63) is 52.3 Å². The summed E-state index contributed by atoms with van der Waals surface area (Å²) in [5, 5.41) is 2.93. The highest BCUT2D eigenvalue weighted by Gasteiger charge is 2.19. The number of benzene rings is 2. The first-order valence-electron chi connectivity index (χ1n) is 9.03. The normalized spacial score (nSPS) is 11.9. The Bertz CT molecular complexity index is 1190. The van der Waals surface area contributed by atoms with E-state index in [0.717, 1.165) is 27.1 Å². The first-order chi connectivity index (χ1) is 13.6. The summed E-state index contributed by atoms with van der Waals surface area (Å²) in [6, 6.07) is 10.6. The molecule has 7 nitrogen and oxygen atoms in total. The van der Waals surface area contributed by atoms with Crippen LogP contribution in [0.4, 0.5) is 5.69 Å². The molecule has 3 aromatic rings. The summed E-state index contributed by atoms with van der Waals surface area (Å²) in [4.78, 5) is 17.1. The van der Waals surface area contributed by atoms with Gasteiger partial charge in [-0.2, -0.15) is 0 Å². The Labute approximate surface area is 178 Å². The van der Waals surface area contributed by atoms with Crippen molar-refractivity contribution in [3.8, 4) is 0 Å². The summed E-state index contributed by atoms with van der Waals surface area (Å²) in [6.07, 6.45) is 0.714. The number of sulfonamides is 1. The highest BCUT2D eigenvalue weighted by atomic mass is 79.9. The third-order valence-electron chi connectivity index (χ3n) is 4.77. The van der Waals surface area contributed by atoms with Crippen molar-refractivity contribution >= 4 is 48.6 Å². The van der Waals surface area contributed by atoms with Gasteiger partial charge < -0.3 is 9.88 Å². The Hall–Kier alpha value is -2.23. The first kappa shape index (κ1) is 21.5. The van der Waals surface area contributed by atoms with Crippen LogP contribution in [0.1, 0.15) is 17.8 Å². The smallest absolute Gasteiger partial charge is 0.242 e. The van der Waals surface area contributed by atoms with E-state index in [1.54, 1.807) is 18.2 Å². The number of hydrogen-bond donors (Lipinski definition) is 1. The Morgan fingerprint density at radius 2 is 1.93 bits per heavy atom. The van der Waals surface area contributed by atoms with Crippen LogP contribution in [-0.4, -0.2) is 42.3 Å². The fraction of sp³-hybridized carbons (Fsp3) is 0.300. The number of imidazole rings is 1. The van der Waals surface area contributed by atoms with Gasteiger partial charge in [-0.3, -0.25) is 4.79 Å². The molecule has 1 aromatic heterocycles. The molecule has 154 valence electrons. The van der Waals surface area contributed by atoms with Gasteiger partial charge in [-0.15, -0.1) is 0 Å². The number of aryl methyl sites for hydroxylation is 3. The second-order valence-electron chi connectivity index (χ2n) is 7.03. The Morgan fingerprint density at radius 3 is 2.62 bits per heavy atom. The molecule has 2 aromatic carbocycles. The van der Waals surface area contributed by atoms with E-state index < -0.39 is 10.0 Å². The molecule has 0 saturated heterocycles. The molecule has 9 heteroatoms. The number of halogens is 1. The average molecular weight is 479 g/mol. The number of aromatic nitrogens is 2. The van der Waals surface area contributed by atoms with Gasteiger partial charge >= 0.3 is 0 Å². The zero-order valence-electron chi connectivity index (χ0n) is 16.7. The van der Waals surface area contributed by atoms with Crippen LogP contribution in [0.3, 0.4) is 0 Å². The van der Waals surface area contributed by atoms with Gasteiger partial charge in [0, 0.05) is 44.1 Å². The summed E-state index contributed by atoms with van der Waals surface area (Å²) in [5.41, 5.74) is 3.17. The van der Waals surface area contributed by atoms with Gasteiger partial charge in [0.05, 0.1) is 15.9 Å². The van der Waals surface area contributed by atoms with Crippen LogP contribution in [0.25, 0.3) is 11.0 Å². The third kappa shape index (κ3) is 4.52. The Kier molecular flexibility index (Phi) is 6.11. The standard InChI is InChI=1S/C20H23BrN4O3S/c1-13-5-6-14(21)11-16(13)23-20(26)10-9-19-22-17-12-15(29(27,28)24(2)3)7-8-18(17)25(19)4/h5-8,11-12H,9-10H2,1-4H3,(H,23,26). The molecule has 0 unspecified atom stereocenters. The summed E-state index contributed by atoms with van der Waals surface area (Å²) in [6.45, 7) is 1.94. The van der Waals surface area contributed by atoms with Crippen molar-refractivity contribution < 1.29 is 13.2 Å². The molecule has 0 atom stereocenters. The van der Waals surface area contributed by atoms with Gasteiger partial charge in [-0.1, -0.05) is 22.0 Å². The van der Waals surface area contributed by atoms with Crippen LogP contribution >= 0.6 is 15.9 Å². The number of amides is 1. The largest absolute Gasteiger partial charge is 0.331 e. The lowest BCUT2D eigenvalue weighted by molar-refractivity contribution is -0.116. The SMILES string of the molecule is Cc1ccc(Br)cc1NC(=O)CCc1nc2cc(S(=O)(=O)N(C)C)ccc2n1C. The fourth-order valence-corrected chi connectivity index (χ4v) is 4.27. The minimum atomic E-state index is -3.52. The van der Waals surface area contributed by atoms with E-state index >= 15 is 0 Å². The minimum absolute atomic E-state index is 0.103. The topological polar surface area (TPSA) is 84.3 Å². The molecular weight excluding hydrogens is 456 g/mol. The van der Waals surface area contributed by atoms with E-state index in [0.29, 0.717) is 11.9 Å². The molecular formula is C20H23BrN4O3S. The maximum Gasteiger partial charge on any atom is 0.242 e. The monoisotopic (exact) mass is 478 g/mol. The van der Waals surface area contributed by atoms with Gasteiger partial charge in [0.2, 0.25) is 15.9 Å². The number of anilines is 1. The molecule has 29 heavy (non-hydrogen) atoms. The highest BCUT2D eigenvalue weighted by molar-refractivity contribution is 9.10. The molecule has 0 aliphatic heterocycles. The molecule has 0 radical (unpaired) electrons. The molecule has 0 saturated carbocycles. The summed E-state index contributed by atoms with van der Waals surface area (Å²) >= 11 is 3.41. The van der Waals surface area contributed by atoms with Crippen molar-refractivity contribution in [1.82, 2.24) is 13.9 Å². The maximum absolute atomic E-state index is 12.4. The van der Waals surface area contributed by atoms with Crippen LogP contribution < -0.4 is 5.32 Å². The van der Waals surface area contributed by atoms with E-state index in [1.807, 2.05) is 36.7 Å². The number of rotatable bonds is 6. The number of carbonyl (C=O) groups excluding carboxylic acids is 1. The molecule has 3 rings (SSSR count). The lowest BCUT2D eigenvalue weighted by atomic mass is 10.2. The molecule has 0 fully saturated rings. The number of fused-ring (bicyclic) bond motifs is 1. The van der Waals surface area contributed by atoms with Gasteiger partial charge in [0.25, 0.3) is 0 Å². The summed E-state index contributed by atoms with van der Waals surface area (Å²) in [7, 11) is 1.33. The molecule has 1 heterocycles. The first-order valence-corrected chi connectivity index (χ1v) is 11.3. The highest BCUT2D eigenvalue weighted by Crippen LogP contribution is 2.23. The molecule has 0 aliphatic rings. The molecule has 0 aliphatic carbocycles. The quantitative estimate of drug-likeness (QED) is 0.587. The van der Waals surface area contributed by atoms with Crippen molar-refractivity contribution in [2.24, 2.45) is 7.05 Å². The fourth-order valence-electron chi connectivity index (χ4n) is 2.99. The predicted molar refractivity (Wildman–Crippen MR) is 117 cm³/mol. The number of hydrogen-bond acceptors (Lipinski definition) is 4. The van der Waals surface area contributed by atoms with E-state index in [-0.39, 0.29) is 17.2 Å². The van der Waals surface area contributed by atoms with E-state index in [9.17, 15) is 13.2 Å². The van der Waals surface area contributed by atoms with E-state index in [1.165, 1.54) is 18.4 Å². The summed E-state index contributed by atoms with van der Waals surface area (Å²) < 4.78 is 28.6. The van der Waals surface area contributed by atoms with Crippen molar-refractivity contribution in [1.29, 1.82) is 0 Å². The maximum atomic E-state index is 12.4. The Balaban J connectivity index is 1.77. The predicted octanol–water partition coefficient (Wildman–Crippen LogP) is 3.47. The van der Waals surface area contributed by atoms with Gasteiger partial charge in [0.15, 0.2) is 0 Å². The second-order valence-corrected chi connectivity index (χ2v) is 10.1. The lowest BCUT2D eigenvalue weighted by Crippen LogP contribution is -2.22. The minimum Gasteiger partial charge on any atom is -0.331 e. The summed E-state index contributed by atoms with van der Waals surface area (Å²) in [5.74, 6) is 0.620. The Morgan fingerprint density at radius 1 is 1.21 bits per heavy atom. The van der Waals surface area contributed by atoms with Crippen LogP contribution in [0, 0.1) is 6.92 Å². The molecule has 0 bridgehead atoms. The lowest BCUT2D eigenvalue weighted by Gasteiger charge is -2.11. The van der Waals surface area contributed by atoms with Crippen LogP contribution in [-0.2, 0) is 28.3 Å². The van der Waals surface area contributed by atoms with Crippen molar-refractivity contribution in [2.75, 3.05) is 19.4 Å². The average Bonchev–Trinajstić information content (AvgIpc) is 2.98. The number of nitrogens with one attached hydrogen (secondary N) is 1. The van der Waals surface area contributed by atoms with Crippen LogP contribution in [0.5, 0.6) is 0 Å². The zero-order chi connectivity index (χ0) is 21.3. The third-order valence-corrected chi connectivity index (χ3v) is 7.08. The second kappa shape index (κ2) is 8.25. The van der Waals surface area contributed by atoms with Crippen LogP contribution in [0.2, 0.25) is 0 Å². The van der Waals surface area contributed by atoms with Crippen LogP contribution in [0.15, 0.2) is 45.8 Å². The van der Waals surface area contributed by atoms with Crippen molar-refractivity contribution in [3.63, 3.8) is 0 Å². The number of nitrogens with zero attached hydrogens (tertiary/aromatic N) is 3. The number of carbonyl (C=O) groups is 1. The van der Waals surface area contributed by atoms with E-state index in [4.69, 9.17) is 0 Å². The molecule has 1 amide bonds. The zero-order valence-corrected chi connectivity index (χ0v) is 19.1. The van der Waals surface area contributed by atoms with E-state index in [2.05, 4.69) is 26.2 Å². The van der Waals surface area contributed by atoms with Gasteiger partial charge in [0.1, 0.15) is 5.82 Å². The molecule has 0 spiro atoms. The van der Waals surface area contributed by atoms with Gasteiger partial charge in [-0.05, 0) is 42.8 Å².